The maximum absolute atomic E-state index is 12.1. The van der Waals surface area contributed by atoms with Crippen molar-refractivity contribution in [2.24, 2.45) is 7.05 Å². The Morgan fingerprint density at radius 3 is 2.62 bits per heavy atom. The van der Waals surface area contributed by atoms with E-state index in [-0.39, 0.29) is 11.2 Å². The summed E-state index contributed by atoms with van der Waals surface area (Å²) in [7, 11) is 1.88. The van der Waals surface area contributed by atoms with E-state index >= 15 is 0 Å². The van der Waals surface area contributed by atoms with Crippen LogP contribution in [-0.2, 0) is 18.4 Å². The Morgan fingerprint density at radius 1 is 1.38 bits per heavy atom. The highest BCUT2D eigenvalue weighted by Gasteiger charge is 2.17. The van der Waals surface area contributed by atoms with E-state index in [0.29, 0.717) is 11.6 Å². The second-order valence-corrected chi connectivity index (χ2v) is 6.44. The van der Waals surface area contributed by atoms with E-state index < -0.39 is 0 Å². The molecular formula is C14H17ClN4OS. The van der Waals surface area contributed by atoms with Crippen LogP contribution in [0.3, 0.4) is 0 Å². The van der Waals surface area contributed by atoms with Crippen LogP contribution in [0.5, 0.6) is 0 Å². The molecule has 0 saturated heterocycles. The van der Waals surface area contributed by atoms with Crippen molar-refractivity contribution in [3.8, 4) is 0 Å². The van der Waals surface area contributed by atoms with Crippen molar-refractivity contribution in [3.63, 3.8) is 0 Å². The standard InChI is InChI=1S/C14H17ClN4OS/c1-9(21-14-18-17-10(2)19(14)3)13(20)16-8-11-4-6-12(15)7-5-11/h4-7,9H,8H2,1-3H3,(H,16,20). The van der Waals surface area contributed by atoms with Gasteiger partial charge < -0.3 is 9.88 Å². The molecule has 0 aliphatic rings. The van der Waals surface area contributed by atoms with Gasteiger partial charge in [-0.1, -0.05) is 35.5 Å². The molecular weight excluding hydrogens is 308 g/mol. The largest absolute Gasteiger partial charge is 0.351 e. The molecule has 0 radical (unpaired) electrons. The summed E-state index contributed by atoms with van der Waals surface area (Å²) in [4.78, 5) is 12.1. The number of nitrogens with zero attached hydrogens (tertiary/aromatic N) is 3. The molecule has 5 nitrogen and oxygen atoms in total. The quantitative estimate of drug-likeness (QED) is 0.859. The number of thioether (sulfide) groups is 1. The monoisotopic (exact) mass is 324 g/mol. The summed E-state index contributed by atoms with van der Waals surface area (Å²) in [6.07, 6.45) is 0. The van der Waals surface area contributed by atoms with Crippen LogP contribution < -0.4 is 5.32 Å². The van der Waals surface area contributed by atoms with Crippen LogP contribution in [0.4, 0.5) is 0 Å². The summed E-state index contributed by atoms with van der Waals surface area (Å²) in [6.45, 7) is 4.22. The number of carbonyl (C=O) groups excluding carboxylic acids is 1. The molecule has 21 heavy (non-hydrogen) atoms. The molecule has 0 saturated carbocycles. The lowest BCUT2D eigenvalue weighted by molar-refractivity contribution is -0.120. The Hall–Kier alpha value is -1.53. The molecule has 0 spiro atoms. The molecule has 0 bridgehead atoms. The fourth-order valence-corrected chi connectivity index (χ4v) is 2.65. The van der Waals surface area contributed by atoms with Gasteiger partial charge in [0.2, 0.25) is 5.91 Å². The predicted octanol–water partition coefficient (Wildman–Crippen LogP) is 2.57. The third kappa shape index (κ3) is 4.22. The zero-order valence-electron chi connectivity index (χ0n) is 12.1. The highest BCUT2D eigenvalue weighted by molar-refractivity contribution is 8.00. The number of hydrogen-bond donors (Lipinski definition) is 1. The van der Waals surface area contributed by atoms with Gasteiger partial charge in [0.05, 0.1) is 5.25 Å². The Bertz CT molecular complexity index is 626. The summed E-state index contributed by atoms with van der Waals surface area (Å²) in [5.74, 6) is 0.793. The van der Waals surface area contributed by atoms with Crippen molar-refractivity contribution in [2.45, 2.75) is 30.8 Å². The number of benzene rings is 1. The molecule has 2 aromatic rings. The van der Waals surface area contributed by atoms with E-state index in [2.05, 4.69) is 15.5 Å². The van der Waals surface area contributed by atoms with Gasteiger partial charge in [-0.2, -0.15) is 0 Å². The molecule has 112 valence electrons. The van der Waals surface area contributed by atoms with Crippen LogP contribution in [-0.4, -0.2) is 25.9 Å². The predicted molar refractivity (Wildman–Crippen MR) is 84.4 cm³/mol. The van der Waals surface area contributed by atoms with Crippen LogP contribution in [0, 0.1) is 6.92 Å². The van der Waals surface area contributed by atoms with E-state index in [1.165, 1.54) is 11.8 Å². The minimum absolute atomic E-state index is 0.0318. The van der Waals surface area contributed by atoms with E-state index in [9.17, 15) is 4.79 Å². The Balaban J connectivity index is 1.88. The summed E-state index contributed by atoms with van der Waals surface area (Å²) in [5, 5.41) is 12.1. The van der Waals surface area contributed by atoms with Gasteiger partial charge in [-0.05, 0) is 31.5 Å². The smallest absolute Gasteiger partial charge is 0.233 e. The number of aryl methyl sites for hydroxylation is 1. The third-order valence-corrected chi connectivity index (χ3v) is 4.47. The summed E-state index contributed by atoms with van der Waals surface area (Å²) in [5.41, 5.74) is 1.01. The van der Waals surface area contributed by atoms with Crippen molar-refractivity contribution < 1.29 is 4.79 Å². The fourth-order valence-electron chi connectivity index (χ4n) is 1.64. The van der Waals surface area contributed by atoms with Gasteiger partial charge in [0, 0.05) is 18.6 Å². The molecule has 0 fully saturated rings. The van der Waals surface area contributed by atoms with E-state index in [0.717, 1.165) is 16.5 Å². The van der Waals surface area contributed by atoms with Gasteiger partial charge in [0.25, 0.3) is 0 Å². The molecule has 1 unspecified atom stereocenters. The third-order valence-electron chi connectivity index (χ3n) is 3.08. The van der Waals surface area contributed by atoms with Crippen LogP contribution in [0.2, 0.25) is 5.02 Å². The normalized spacial score (nSPS) is 12.2. The minimum atomic E-state index is -0.236. The number of halogens is 1. The summed E-state index contributed by atoms with van der Waals surface area (Å²) in [6, 6.07) is 7.41. The summed E-state index contributed by atoms with van der Waals surface area (Å²) < 4.78 is 1.87. The average Bonchev–Trinajstić information content (AvgIpc) is 2.78. The molecule has 1 aromatic heterocycles. The summed E-state index contributed by atoms with van der Waals surface area (Å²) >= 11 is 7.22. The van der Waals surface area contributed by atoms with E-state index in [1.54, 1.807) is 0 Å². The molecule has 1 atom stereocenters. The number of rotatable bonds is 5. The zero-order chi connectivity index (χ0) is 15.4. The highest BCUT2D eigenvalue weighted by atomic mass is 35.5. The van der Waals surface area contributed by atoms with Crippen LogP contribution >= 0.6 is 23.4 Å². The molecule has 2 rings (SSSR count). The van der Waals surface area contributed by atoms with Crippen LogP contribution in [0.1, 0.15) is 18.3 Å². The first-order valence-electron chi connectivity index (χ1n) is 6.52. The maximum Gasteiger partial charge on any atom is 0.233 e. The Morgan fingerprint density at radius 2 is 2.05 bits per heavy atom. The fraction of sp³-hybridized carbons (Fsp3) is 0.357. The molecule has 1 aromatic carbocycles. The van der Waals surface area contributed by atoms with Gasteiger partial charge in [0.15, 0.2) is 5.16 Å². The SMILES string of the molecule is Cc1nnc(SC(C)C(=O)NCc2ccc(Cl)cc2)n1C. The van der Waals surface area contributed by atoms with Crippen LogP contribution in [0.15, 0.2) is 29.4 Å². The molecule has 0 aliphatic carbocycles. The minimum Gasteiger partial charge on any atom is -0.351 e. The Labute approximate surface area is 133 Å². The van der Waals surface area contributed by atoms with Gasteiger partial charge in [-0.3, -0.25) is 4.79 Å². The Kier molecular flexibility index (Phi) is 5.25. The topological polar surface area (TPSA) is 59.8 Å². The first-order chi connectivity index (χ1) is 9.97. The van der Waals surface area contributed by atoms with Gasteiger partial charge in [0.1, 0.15) is 5.82 Å². The van der Waals surface area contributed by atoms with Crippen molar-refractivity contribution in [1.82, 2.24) is 20.1 Å². The molecule has 1 N–H and O–H groups in total. The number of nitrogens with one attached hydrogen (secondary N) is 1. The van der Waals surface area contributed by atoms with E-state index in [1.807, 2.05) is 49.7 Å². The molecule has 7 heteroatoms. The highest BCUT2D eigenvalue weighted by Crippen LogP contribution is 2.21. The van der Waals surface area contributed by atoms with Crippen molar-refractivity contribution in [3.05, 3.63) is 40.7 Å². The second-order valence-electron chi connectivity index (χ2n) is 4.69. The lowest BCUT2D eigenvalue weighted by Crippen LogP contribution is -2.30. The number of aromatic nitrogens is 3. The lowest BCUT2D eigenvalue weighted by atomic mass is 10.2. The number of hydrogen-bond acceptors (Lipinski definition) is 4. The molecule has 1 heterocycles. The van der Waals surface area contributed by atoms with Gasteiger partial charge in [-0.25, -0.2) is 0 Å². The first-order valence-corrected chi connectivity index (χ1v) is 7.78. The number of amides is 1. The average molecular weight is 325 g/mol. The van der Waals surface area contributed by atoms with Crippen molar-refractivity contribution >= 4 is 29.3 Å². The zero-order valence-corrected chi connectivity index (χ0v) is 13.7. The van der Waals surface area contributed by atoms with E-state index in [4.69, 9.17) is 11.6 Å². The number of carbonyl (C=O) groups is 1. The van der Waals surface area contributed by atoms with Crippen molar-refractivity contribution in [2.75, 3.05) is 0 Å². The lowest BCUT2D eigenvalue weighted by Gasteiger charge is -2.11. The van der Waals surface area contributed by atoms with Gasteiger partial charge >= 0.3 is 0 Å². The van der Waals surface area contributed by atoms with Crippen molar-refractivity contribution in [1.29, 1.82) is 0 Å². The van der Waals surface area contributed by atoms with Crippen LogP contribution in [0.25, 0.3) is 0 Å². The molecule has 1 amide bonds. The second kappa shape index (κ2) is 6.95. The van der Waals surface area contributed by atoms with Gasteiger partial charge in [-0.15, -0.1) is 10.2 Å². The first kappa shape index (κ1) is 15.9. The maximum atomic E-state index is 12.1. The molecule has 0 aliphatic heterocycles.